The number of halogens is 1. The number of fused-ring (bicyclic) bond motifs is 10. The van der Waals surface area contributed by atoms with Crippen LogP contribution in [0, 0.1) is 10.5 Å². The summed E-state index contributed by atoms with van der Waals surface area (Å²) < 4.78 is 18.4. The van der Waals surface area contributed by atoms with Crippen LogP contribution >= 0.6 is 24.4 Å². The molecular formula is C58H55FN14S2. The van der Waals surface area contributed by atoms with Crippen LogP contribution in [0.5, 0.6) is 0 Å². The predicted octanol–water partition coefficient (Wildman–Crippen LogP) is 11.5. The Balaban J connectivity index is 0.000000144. The first-order valence-electron chi connectivity index (χ1n) is 25.8. The summed E-state index contributed by atoms with van der Waals surface area (Å²) in [7, 11) is 4.13. The van der Waals surface area contributed by atoms with Crippen molar-refractivity contribution in [3.63, 3.8) is 0 Å². The Labute approximate surface area is 445 Å². The van der Waals surface area contributed by atoms with Crippen molar-refractivity contribution in [2.45, 2.75) is 82.3 Å². The van der Waals surface area contributed by atoms with Crippen molar-refractivity contribution in [2.75, 3.05) is 34.5 Å². The molecule has 2 fully saturated rings. The molecule has 0 amide bonds. The highest BCUT2D eigenvalue weighted by Crippen LogP contribution is 2.45. The van der Waals surface area contributed by atoms with Gasteiger partial charge in [0.15, 0.2) is 11.6 Å². The van der Waals surface area contributed by atoms with Crippen molar-refractivity contribution in [1.29, 1.82) is 0 Å². The van der Waals surface area contributed by atoms with E-state index in [-0.39, 0.29) is 5.82 Å². The van der Waals surface area contributed by atoms with E-state index in [2.05, 4.69) is 113 Å². The number of guanidine groups is 2. The van der Waals surface area contributed by atoms with Gasteiger partial charge in [0.25, 0.3) is 0 Å². The summed E-state index contributed by atoms with van der Waals surface area (Å²) in [4.78, 5) is 27.2. The molecule has 4 aliphatic heterocycles. The molecule has 6 aliphatic rings. The number of hydrogen-bond acceptors (Lipinski definition) is 12. The highest BCUT2D eigenvalue weighted by molar-refractivity contribution is 7.80. The largest absolute Gasteiger partial charge is 0.346 e. The molecule has 4 atom stereocenters. The van der Waals surface area contributed by atoms with Gasteiger partial charge in [0, 0.05) is 43.6 Å². The Kier molecular flexibility index (Phi) is 12.1. The third-order valence-electron chi connectivity index (χ3n) is 15.3. The molecule has 2 aliphatic carbocycles. The predicted molar refractivity (Wildman–Crippen MR) is 302 cm³/mol. The third-order valence-corrected chi connectivity index (χ3v) is 16.0. The second-order valence-corrected chi connectivity index (χ2v) is 21.0. The average Bonchev–Trinajstić information content (AvgIpc) is 4.44. The lowest BCUT2D eigenvalue weighted by molar-refractivity contribution is 0.475. The summed E-state index contributed by atoms with van der Waals surface area (Å²) in [6.45, 7) is 1.94. The molecule has 8 aromatic rings. The number of thiocarbonyl (C=S) groups is 1. The van der Waals surface area contributed by atoms with Gasteiger partial charge in [0.05, 0.1) is 54.9 Å². The summed E-state index contributed by atoms with van der Waals surface area (Å²) in [6, 6.07) is 45.1. The maximum atomic E-state index is 13.6. The van der Waals surface area contributed by atoms with E-state index in [4.69, 9.17) is 44.6 Å². The van der Waals surface area contributed by atoms with Crippen LogP contribution in [0.25, 0.3) is 22.4 Å². The monoisotopic (exact) mass is 1030 g/mol. The van der Waals surface area contributed by atoms with Crippen molar-refractivity contribution in [3.8, 4) is 22.4 Å². The quantitative estimate of drug-likeness (QED) is 0.113. The zero-order chi connectivity index (χ0) is 50.7. The van der Waals surface area contributed by atoms with Crippen LogP contribution in [0.3, 0.4) is 0 Å². The number of H-pyrrole nitrogens is 1. The van der Waals surface area contributed by atoms with Crippen molar-refractivity contribution >= 4 is 76.0 Å². The molecule has 0 saturated heterocycles. The van der Waals surface area contributed by atoms with Crippen molar-refractivity contribution in [1.82, 2.24) is 39.3 Å². The molecule has 376 valence electrons. The third kappa shape index (κ3) is 8.72. The Morgan fingerprint density at radius 1 is 0.600 bits per heavy atom. The molecule has 2 saturated carbocycles. The minimum atomic E-state index is -0.250. The van der Waals surface area contributed by atoms with Crippen LogP contribution in [0.2, 0.25) is 0 Å². The van der Waals surface area contributed by atoms with E-state index in [1.54, 1.807) is 12.1 Å². The topological polar surface area (TPSA) is 126 Å². The molecule has 75 heavy (non-hydrogen) atoms. The highest BCUT2D eigenvalue weighted by Gasteiger charge is 2.49. The molecule has 3 N–H and O–H groups in total. The van der Waals surface area contributed by atoms with Crippen LogP contribution in [0.4, 0.5) is 39.0 Å². The van der Waals surface area contributed by atoms with E-state index in [0.717, 1.165) is 127 Å². The molecule has 4 aromatic carbocycles. The average molecular weight is 1030 g/mol. The van der Waals surface area contributed by atoms with E-state index >= 15 is 0 Å². The molecule has 0 unspecified atom stereocenters. The van der Waals surface area contributed by atoms with Gasteiger partial charge in [-0.05, 0) is 127 Å². The van der Waals surface area contributed by atoms with Crippen molar-refractivity contribution in [2.24, 2.45) is 9.98 Å². The standard InChI is InChI=1S/C29H28FN7.C29H27N7S2/c1-35-18-24-27(32-23-11-9-22(30)10-12-23)36(34-28(24)37-26-4-2-3-25(26)33-29(35)37)17-19-5-7-20(8-6-19)21-13-15-31-16-14-21;1-34-28(38)25-26(30-20-7-3-2-4-8-20)35(33-27(25)36-23-11-5-10-22(23)32-29(34)36)17-18-13-15-19(16-14-18)21-9-6-12-24(37)31-21/h5-16,25-26,32H,2-4,17-18H2,1H3;2-4,6-9,12-16,22-23,30H,5,10-11,17H2,1H3,(H,31,37)/t25-,26+;22-,23+/m11/s1. The van der Waals surface area contributed by atoms with Crippen LogP contribution < -0.4 is 20.4 Å². The molecule has 8 heterocycles. The first-order valence-corrected chi connectivity index (χ1v) is 26.6. The first kappa shape index (κ1) is 46.7. The summed E-state index contributed by atoms with van der Waals surface area (Å²) >= 11 is 11.3. The normalized spacial score (nSPS) is 19.8. The minimum absolute atomic E-state index is 0.250. The smallest absolute Gasteiger partial charge is 0.208 e. The second-order valence-electron chi connectivity index (χ2n) is 20.1. The number of aromatic amines is 1. The number of nitrogens with one attached hydrogen (secondary N) is 3. The van der Waals surface area contributed by atoms with E-state index in [1.807, 2.05) is 72.7 Å². The first-order chi connectivity index (χ1) is 36.7. The lowest BCUT2D eigenvalue weighted by atomic mass is 10.1. The number of nitrogens with zero attached hydrogens (tertiary/aromatic N) is 11. The number of anilines is 6. The van der Waals surface area contributed by atoms with Gasteiger partial charge in [-0.3, -0.25) is 14.8 Å². The lowest BCUT2D eigenvalue weighted by Gasteiger charge is -2.35. The zero-order valence-corrected chi connectivity index (χ0v) is 43.3. The van der Waals surface area contributed by atoms with Crippen LogP contribution in [-0.4, -0.2) is 94.5 Å². The van der Waals surface area contributed by atoms with Gasteiger partial charge in [-0.15, -0.1) is 0 Å². The van der Waals surface area contributed by atoms with Gasteiger partial charge in [0.1, 0.15) is 27.1 Å². The molecule has 0 bridgehead atoms. The van der Waals surface area contributed by atoms with Gasteiger partial charge in [-0.1, -0.05) is 97.2 Å². The summed E-state index contributed by atoms with van der Waals surface area (Å²) in [5, 5.41) is 17.6. The van der Waals surface area contributed by atoms with Crippen molar-refractivity contribution in [3.05, 3.63) is 179 Å². The second kappa shape index (κ2) is 19.4. The Morgan fingerprint density at radius 3 is 1.87 bits per heavy atom. The molecular weight excluding hydrogens is 976 g/mol. The highest BCUT2D eigenvalue weighted by atomic mass is 32.1. The Bertz CT molecular complexity index is 3560. The molecule has 14 nitrogen and oxygen atoms in total. The van der Waals surface area contributed by atoms with E-state index in [0.29, 0.717) is 43.8 Å². The summed E-state index contributed by atoms with van der Waals surface area (Å²) in [6.07, 6.45) is 10.5. The number of aliphatic imine (C=N–C) groups is 2. The van der Waals surface area contributed by atoms with Gasteiger partial charge in [-0.25, -0.2) is 23.7 Å². The number of rotatable bonds is 10. The number of hydrogen-bond donors (Lipinski definition) is 3. The van der Waals surface area contributed by atoms with Gasteiger partial charge < -0.3 is 25.4 Å². The number of benzene rings is 4. The number of aromatic nitrogens is 6. The fourth-order valence-electron chi connectivity index (χ4n) is 11.6. The Morgan fingerprint density at radius 2 is 1.19 bits per heavy atom. The molecule has 4 aromatic heterocycles. The van der Waals surface area contributed by atoms with Crippen molar-refractivity contribution < 1.29 is 4.39 Å². The SMILES string of the molecule is CN1C(=S)c2c(nn(Cc3ccc(-c4cccc(=S)[nH]4)cc3)c2Nc2ccccc2)N2C1=N[C@@H]1CCC[C@@H]12.CN1Cc2c(nn(Cc3ccc(-c4ccncc4)cc3)c2Nc2ccc(F)cc2)N2C1=N[C@@H]1CCC[C@@H]12. The maximum absolute atomic E-state index is 13.6. The van der Waals surface area contributed by atoms with Crippen LogP contribution in [-0.2, 0) is 19.6 Å². The summed E-state index contributed by atoms with van der Waals surface area (Å²) in [5.74, 6) is 5.45. The molecule has 0 radical (unpaired) electrons. The molecule has 17 heteroatoms. The summed E-state index contributed by atoms with van der Waals surface area (Å²) in [5.41, 5.74) is 10.6. The fourth-order valence-corrected chi connectivity index (χ4v) is 12.1. The number of pyridine rings is 2. The fraction of sp³-hybridized carbons (Fsp3) is 0.259. The Hall–Kier alpha value is -8.02. The van der Waals surface area contributed by atoms with E-state index in [1.165, 1.54) is 25.0 Å². The molecule has 14 rings (SSSR count). The van der Waals surface area contributed by atoms with E-state index in [9.17, 15) is 4.39 Å². The number of para-hydroxylation sites is 1. The molecule has 0 spiro atoms. The zero-order valence-electron chi connectivity index (χ0n) is 41.6. The van der Waals surface area contributed by atoms with Crippen LogP contribution in [0.15, 0.2) is 156 Å². The van der Waals surface area contributed by atoms with Gasteiger partial charge >= 0.3 is 0 Å². The van der Waals surface area contributed by atoms with Crippen LogP contribution in [0.1, 0.15) is 60.8 Å². The lowest BCUT2D eigenvalue weighted by Crippen LogP contribution is -2.51. The van der Waals surface area contributed by atoms with E-state index < -0.39 is 0 Å². The maximum Gasteiger partial charge on any atom is 0.208 e. The van der Waals surface area contributed by atoms with Gasteiger partial charge in [0.2, 0.25) is 11.9 Å². The minimum Gasteiger partial charge on any atom is -0.346 e. The van der Waals surface area contributed by atoms with Gasteiger partial charge in [-0.2, -0.15) is 10.2 Å².